The lowest BCUT2D eigenvalue weighted by atomic mass is 9.68. The SMILES string of the molecule is C=C(CF)C(c1ccc(C)c(C)c1)(c1ccc(C)c(C)c1)C(F)(F)F.[HH]. The Labute approximate surface area is 147 Å². The summed E-state index contributed by atoms with van der Waals surface area (Å²) in [4.78, 5) is 0. The van der Waals surface area contributed by atoms with Gasteiger partial charge in [0.2, 0.25) is 0 Å². The molecule has 0 unspecified atom stereocenters. The molecular formula is C21H24F4. The summed E-state index contributed by atoms with van der Waals surface area (Å²) < 4.78 is 56.8. The third kappa shape index (κ3) is 3.10. The van der Waals surface area contributed by atoms with E-state index in [4.69, 9.17) is 0 Å². The molecule has 0 nitrogen and oxygen atoms in total. The molecule has 0 aliphatic rings. The number of benzene rings is 2. The maximum Gasteiger partial charge on any atom is 0.406 e. The third-order valence-electron chi connectivity index (χ3n) is 5.00. The fourth-order valence-corrected chi connectivity index (χ4v) is 3.15. The lowest BCUT2D eigenvalue weighted by Gasteiger charge is -2.38. The average Bonchev–Trinajstić information content (AvgIpc) is 2.53. The van der Waals surface area contributed by atoms with Crippen molar-refractivity contribution in [1.82, 2.24) is 0 Å². The van der Waals surface area contributed by atoms with Gasteiger partial charge in [-0.15, -0.1) is 0 Å². The molecule has 136 valence electrons. The second kappa shape index (κ2) is 6.66. The number of hydrogen-bond donors (Lipinski definition) is 0. The van der Waals surface area contributed by atoms with Gasteiger partial charge in [-0.1, -0.05) is 43.0 Å². The highest BCUT2D eigenvalue weighted by Crippen LogP contribution is 2.51. The van der Waals surface area contributed by atoms with E-state index in [0.717, 1.165) is 22.3 Å². The largest absolute Gasteiger partial charge is 0.406 e. The van der Waals surface area contributed by atoms with E-state index >= 15 is 0 Å². The van der Waals surface area contributed by atoms with Gasteiger partial charge in [0.25, 0.3) is 0 Å². The van der Waals surface area contributed by atoms with E-state index in [1.54, 1.807) is 26.0 Å². The topological polar surface area (TPSA) is 0 Å². The zero-order chi connectivity index (χ0) is 19.0. The first-order valence-electron chi connectivity index (χ1n) is 8.02. The van der Waals surface area contributed by atoms with Crippen LogP contribution in [0.15, 0.2) is 48.6 Å². The molecule has 0 N–H and O–H groups in total. The number of halogens is 4. The third-order valence-corrected chi connectivity index (χ3v) is 5.00. The van der Waals surface area contributed by atoms with Crippen LogP contribution in [0.4, 0.5) is 17.6 Å². The van der Waals surface area contributed by atoms with Crippen molar-refractivity contribution in [1.29, 1.82) is 0 Å². The highest BCUT2D eigenvalue weighted by Gasteiger charge is 2.58. The number of rotatable bonds is 4. The number of hydrogen-bond acceptors (Lipinski definition) is 0. The standard InChI is InChI=1S/C21H22F4.H2/c1-13-6-8-18(10-15(13)3)20(17(5)12-22,21(23,24)25)19-9-7-14(2)16(4)11-19;/h6-11H,5,12H2,1-4H3;1H. The molecule has 4 heteroatoms. The Morgan fingerprint density at radius 3 is 1.52 bits per heavy atom. The van der Waals surface area contributed by atoms with Crippen molar-refractivity contribution in [2.24, 2.45) is 0 Å². The van der Waals surface area contributed by atoms with Crippen LogP contribution in [0.25, 0.3) is 0 Å². The lowest BCUT2D eigenvalue weighted by Crippen LogP contribution is -2.45. The van der Waals surface area contributed by atoms with E-state index in [-0.39, 0.29) is 12.6 Å². The lowest BCUT2D eigenvalue weighted by molar-refractivity contribution is -0.168. The van der Waals surface area contributed by atoms with Crippen molar-refractivity contribution in [3.05, 3.63) is 81.9 Å². The van der Waals surface area contributed by atoms with Crippen LogP contribution in [0.3, 0.4) is 0 Å². The van der Waals surface area contributed by atoms with Gasteiger partial charge in [-0.2, -0.15) is 13.2 Å². The molecule has 0 fully saturated rings. The van der Waals surface area contributed by atoms with Gasteiger partial charge in [-0.3, -0.25) is 0 Å². The highest BCUT2D eigenvalue weighted by molar-refractivity contribution is 5.53. The van der Waals surface area contributed by atoms with Crippen LogP contribution in [0.5, 0.6) is 0 Å². The van der Waals surface area contributed by atoms with E-state index < -0.39 is 23.8 Å². The van der Waals surface area contributed by atoms with Gasteiger partial charge in [-0.25, -0.2) is 4.39 Å². The van der Waals surface area contributed by atoms with Gasteiger partial charge in [0.1, 0.15) is 12.1 Å². The van der Waals surface area contributed by atoms with E-state index in [1.807, 2.05) is 13.8 Å². The summed E-state index contributed by atoms with van der Waals surface area (Å²) in [5.74, 6) is 0. The fraction of sp³-hybridized carbons (Fsp3) is 0.333. The molecule has 0 bridgehead atoms. The minimum Gasteiger partial charge on any atom is -0.246 e. The molecule has 2 rings (SSSR count). The monoisotopic (exact) mass is 352 g/mol. The maximum atomic E-state index is 14.4. The molecule has 2 aromatic rings. The molecule has 0 aliphatic heterocycles. The van der Waals surface area contributed by atoms with Gasteiger partial charge >= 0.3 is 6.18 Å². The number of aryl methyl sites for hydroxylation is 4. The van der Waals surface area contributed by atoms with Crippen LogP contribution in [0, 0.1) is 27.7 Å². The van der Waals surface area contributed by atoms with Crippen molar-refractivity contribution >= 4 is 0 Å². The molecule has 2 aromatic carbocycles. The van der Waals surface area contributed by atoms with Crippen molar-refractivity contribution in [3.63, 3.8) is 0 Å². The molecule has 0 atom stereocenters. The first kappa shape index (κ1) is 19.2. The Kier molecular flexibility index (Phi) is 5.12. The minimum atomic E-state index is -4.72. The van der Waals surface area contributed by atoms with E-state index in [0.29, 0.717) is 0 Å². The normalized spacial score (nSPS) is 12.3. The smallest absolute Gasteiger partial charge is 0.246 e. The van der Waals surface area contributed by atoms with Crippen LogP contribution < -0.4 is 0 Å². The summed E-state index contributed by atoms with van der Waals surface area (Å²) in [6, 6.07) is 9.09. The highest BCUT2D eigenvalue weighted by atomic mass is 19.4. The van der Waals surface area contributed by atoms with Crippen LogP contribution in [0.2, 0.25) is 0 Å². The summed E-state index contributed by atoms with van der Waals surface area (Å²) in [6.07, 6.45) is -4.72. The summed E-state index contributed by atoms with van der Waals surface area (Å²) in [5.41, 5.74) is 0.118. The van der Waals surface area contributed by atoms with Gasteiger partial charge in [0, 0.05) is 1.43 Å². The van der Waals surface area contributed by atoms with Crippen LogP contribution >= 0.6 is 0 Å². The van der Waals surface area contributed by atoms with Crippen molar-refractivity contribution < 1.29 is 19.0 Å². The van der Waals surface area contributed by atoms with Crippen LogP contribution in [0.1, 0.15) is 34.8 Å². The Hall–Kier alpha value is -2.10. The summed E-state index contributed by atoms with van der Waals surface area (Å²) in [7, 11) is 0. The van der Waals surface area contributed by atoms with Crippen molar-refractivity contribution in [3.8, 4) is 0 Å². The molecular weight excluding hydrogens is 328 g/mol. The van der Waals surface area contributed by atoms with E-state index in [2.05, 4.69) is 6.58 Å². The van der Waals surface area contributed by atoms with Crippen LogP contribution in [-0.4, -0.2) is 12.9 Å². The predicted molar refractivity (Wildman–Crippen MR) is 95.9 cm³/mol. The summed E-state index contributed by atoms with van der Waals surface area (Å²) in [5, 5.41) is 0. The molecule has 0 saturated heterocycles. The first-order valence-corrected chi connectivity index (χ1v) is 8.02. The summed E-state index contributed by atoms with van der Waals surface area (Å²) >= 11 is 0. The van der Waals surface area contributed by atoms with E-state index in [1.165, 1.54) is 24.3 Å². The second-order valence-electron chi connectivity index (χ2n) is 6.58. The molecule has 0 amide bonds. The Bertz CT molecular complexity index is 755. The Morgan fingerprint density at radius 1 is 0.840 bits per heavy atom. The molecule has 0 saturated carbocycles. The van der Waals surface area contributed by atoms with Gasteiger partial charge in [0.05, 0.1) is 0 Å². The quantitative estimate of drug-likeness (QED) is 0.433. The van der Waals surface area contributed by atoms with Gasteiger partial charge in [0.15, 0.2) is 0 Å². The van der Waals surface area contributed by atoms with Gasteiger partial charge < -0.3 is 0 Å². The van der Waals surface area contributed by atoms with Crippen molar-refractivity contribution in [2.75, 3.05) is 6.67 Å². The molecule has 0 heterocycles. The molecule has 25 heavy (non-hydrogen) atoms. The zero-order valence-electron chi connectivity index (χ0n) is 14.9. The number of alkyl halides is 4. The fourth-order valence-electron chi connectivity index (χ4n) is 3.15. The molecule has 0 aromatic heterocycles. The average molecular weight is 352 g/mol. The second-order valence-corrected chi connectivity index (χ2v) is 6.58. The van der Waals surface area contributed by atoms with Crippen molar-refractivity contribution in [2.45, 2.75) is 39.3 Å². The van der Waals surface area contributed by atoms with Crippen LogP contribution in [-0.2, 0) is 5.41 Å². The molecule has 0 radical (unpaired) electrons. The summed E-state index contributed by atoms with van der Waals surface area (Å²) in [6.45, 7) is 9.38. The predicted octanol–water partition coefficient (Wildman–Crippen LogP) is 6.54. The Morgan fingerprint density at radius 2 is 1.24 bits per heavy atom. The maximum absolute atomic E-state index is 14.4. The zero-order valence-corrected chi connectivity index (χ0v) is 14.9. The molecule has 0 aliphatic carbocycles. The number of allylic oxidation sites excluding steroid dienone is 1. The minimum absolute atomic E-state index is 0. The van der Waals surface area contributed by atoms with Gasteiger partial charge in [-0.05, 0) is 66.6 Å². The Balaban J connectivity index is 0.00000338. The van der Waals surface area contributed by atoms with E-state index in [9.17, 15) is 17.6 Å². The molecule has 0 spiro atoms. The first-order chi connectivity index (χ1) is 11.6.